The molecule has 120 valence electrons. The average Bonchev–Trinajstić information content (AvgIpc) is 3.17. The molecule has 6 nitrogen and oxygen atoms in total. The molecular formula is C15H22N4O2S. The van der Waals surface area contributed by atoms with Crippen LogP contribution in [0.15, 0.2) is 22.0 Å². The van der Waals surface area contributed by atoms with Crippen LogP contribution in [-0.4, -0.2) is 40.6 Å². The summed E-state index contributed by atoms with van der Waals surface area (Å²) >= 11 is 1.71. The predicted octanol–water partition coefficient (Wildman–Crippen LogP) is 1.87. The molecule has 7 heteroatoms. The summed E-state index contributed by atoms with van der Waals surface area (Å²) < 4.78 is 5.15. The van der Waals surface area contributed by atoms with E-state index in [0.29, 0.717) is 24.8 Å². The smallest absolute Gasteiger partial charge is 0.240 e. The van der Waals surface area contributed by atoms with Crippen LogP contribution in [0, 0.1) is 0 Å². The van der Waals surface area contributed by atoms with Crippen molar-refractivity contribution in [3.8, 4) is 0 Å². The van der Waals surface area contributed by atoms with Crippen LogP contribution in [0.5, 0.6) is 0 Å². The highest BCUT2D eigenvalue weighted by atomic mass is 32.1. The molecule has 1 atom stereocenters. The summed E-state index contributed by atoms with van der Waals surface area (Å²) in [6.07, 6.45) is 1.61. The summed E-state index contributed by atoms with van der Waals surface area (Å²) in [6, 6.07) is 3.85. The first-order valence-corrected chi connectivity index (χ1v) is 8.30. The fraction of sp³-hybridized carbons (Fsp3) is 0.533. The Morgan fingerprint density at radius 1 is 1.55 bits per heavy atom. The van der Waals surface area contributed by atoms with Crippen molar-refractivity contribution in [3.63, 3.8) is 0 Å². The van der Waals surface area contributed by atoms with Crippen LogP contribution in [0.1, 0.15) is 30.4 Å². The first kappa shape index (κ1) is 16.6. The maximum Gasteiger partial charge on any atom is 0.240 e. The van der Waals surface area contributed by atoms with Gasteiger partial charge in [-0.1, -0.05) is 18.1 Å². The maximum absolute atomic E-state index is 12.1. The van der Waals surface area contributed by atoms with Crippen LogP contribution in [0.3, 0.4) is 0 Å². The number of aromatic nitrogens is 2. The molecule has 0 aromatic carbocycles. The monoisotopic (exact) mass is 322 g/mol. The van der Waals surface area contributed by atoms with Gasteiger partial charge in [-0.3, -0.25) is 9.69 Å². The number of carbonyl (C=O) groups excluding carboxylic acids is 1. The van der Waals surface area contributed by atoms with Gasteiger partial charge < -0.3 is 9.84 Å². The first-order chi connectivity index (χ1) is 10.6. The molecule has 0 radical (unpaired) electrons. The van der Waals surface area contributed by atoms with Crippen LogP contribution in [0.4, 0.5) is 0 Å². The average molecular weight is 322 g/mol. The molecule has 0 aliphatic carbocycles. The van der Waals surface area contributed by atoms with Crippen molar-refractivity contribution in [2.75, 3.05) is 13.6 Å². The van der Waals surface area contributed by atoms with Gasteiger partial charge in [-0.15, -0.1) is 11.3 Å². The Morgan fingerprint density at radius 2 is 2.36 bits per heavy atom. The van der Waals surface area contributed by atoms with Gasteiger partial charge in [0.15, 0.2) is 5.82 Å². The number of amides is 1. The third-order valence-corrected chi connectivity index (χ3v) is 4.44. The third kappa shape index (κ3) is 4.64. The number of nitrogens with zero attached hydrogens (tertiary/aromatic N) is 3. The van der Waals surface area contributed by atoms with E-state index in [-0.39, 0.29) is 11.9 Å². The van der Waals surface area contributed by atoms with E-state index in [9.17, 15) is 4.79 Å². The van der Waals surface area contributed by atoms with Gasteiger partial charge in [-0.25, -0.2) is 0 Å². The second-order valence-electron chi connectivity index (χ2n) is 5.17. The summed E-state index contributed by atoms with van der Waals surface area (Å²) in [6.45, 7) is 4.96. The number of likely N-dealkylation sites (N-methyl/N-ethyl adjacent to an activating group) is 1. The molecule has 0 spiro atoms. The minimum atomic E-state index is -0.250. The van der Waals surface area contributed by atoms with E-state index in [4.69, 9.17) is 4.52 Å². The Kier molecular flexibility index (Phi) is 6.09. The van der Waals surface area contributed by atoms with Crippen molar-refractivity contribution in [2.24, 2.45) is 0 Å². The summed E-state index contributed by atoms with van der Waals surface area (Å²) in [5.41, 5.74) is 0. The van der Waals surface area contributed by atoms with Crippen LogP contribution >= 0.6 is 11.3 Å². The zero-order chi connectivity index (χ0) is 15.9. The van der Waals surface area contributed by atoms with Crippen LogP contribution in [0.25, 0.3) is 0 Å². The van der Waals surface area contributed by atoms with Crippen LogP contribution in [-0.2, 0) is 24.2 Å². The SMILES string of the molecule is CCc1noc(CN(C)[C@H](C)C(=O)NCCc2cccs2)n1. The van der Waals surface area contributed by atoms with Crippen molar-refractivity contribution in [2.45, 2.75) is 39.3 Å². The van der Waals surface area contributed by atoms with Crippen molar-refractivity contribution in [1.82, 2.24) is 20.4 Å². The summed E-state index contributed by atoms with van der Waals surface area (Å²) in [4.78, 5) is 19.6. The maximum atomic E-state index is 12.1. The van der Waals surface area contributed by atoms with Crippen molar-refractivity contribution in [1.29, 1.82) is 0 Å². The lowest BCUT2D eigenvalue weighted by molar-refractivity contribution is -0.125. The van der Waals surface area contributed by atoms with Crippen molar-refractivity contribution >= 4 is 17.2 Å². The minimum absolute atomic E-state index is 0.00860. The number of hydrogen-bond acceptors (Lipinski definition) is 6. The van der Waals surface area contributed by atoms with Gasteiger partial charge in [0.1, 0.15) is 0 Å². The highest BCUT2D eigenvalue weighted by Gasteiger charge is 2.19. The van der Waals surface area contributed by atoms with Gasteiger partial charge in [0.05, 0.1) is 12.6 Å². The van der Waals surface area contributed by atoms with Gasteiger partial charge in [-0.2, -0.15) is 4.98 Å². The van der Waals surface area contributed by atoms with E-state index in [2.05, 4.69) is 21.5 Å². The summed E-state index contributed by atoms with van der Waals surface area (Å²) in [5, 5.41) is 8.87. The molecule has 22 heavy (non-hydrogen) atoms. The third-order valence-electron chi connectivity index (χ3n) is 3.50. The summed E-state index contributed by atoms with van der Waals surface area (Å²) in [5.74, 6) is 1.24. The molecule has 0 fully saturated rings. The number of rotatable bonds is 8. The normalized spacial score (nSPS) is 12.5. The number of thiophene rings is 1. The zero-order valence-electron chi connectivity index (χ0n) is 13.2. The van der Waals surface area contributed by atoms with E-state index >= 15 is 0 Å². The molecule has 0 aliphatic heterocycles. The Morgan fingerprint density at radius 3 is 3.00 bits per heavy atom. The molecule has 2 aromatic rings. The molecule has 2 heterocycles. The molecule has 0 saturated heterocycles. The molecule has 0 bridgehead atoms. The van der Waals surface area contributed by atoms with Crippen molar-refractivity contribution < 1.29 is 9.32 Å². The number of carbonyl (C=O) groups is 1. The Bertz CT molecular complexity index is 582. The van der Waals surface area contributed by atoms with E-state index in [1.54, 1.807) is 11.3 Å². The Hall–Kier alpha value is -1.73. The quantitative estimate of drug-likeness (QED) is 0.803. The lowest BCUT2D eigenvalue weighted by atomic mass is 10.2. The molecule has 0 unspecified atom stereocenters. The van der Waals surface area contributed by atoms with Gasteiger partial charge in [0.2, 0.25) is 11.8 Å². The number of hydrogen-bond donors (Lipinski definition) is 1. The summed E-state index contributed by atoms with van der Waals surface area (Å²) in [7, 11) is 1.87. The Balaban J connectivity index is 1.76. The molecular weight excluding hydrogens is 300 g/mol. The largest absolute Gasteiger partial charge is 0.354 e. The fourth-order valence-corrected chi connectivity index (χ4v) is 2.67. The van der Waals surface area contributed by atoms with E-state index in [1.165, 1.54) is 4.88 Å². The van der Waals surface area contributed by atoms with Gasteiger partial charge >= 0.3 is 0 Å². The second kappa shape index (κ2) is 8.05. The lowest BCUT2D eigenvalue weighted by Gasteiger charge is -2.22. The molecule has 1 amide bonds. The van der Waals surface area contributed by atoms with E-state index in [0.717, 1.165) is 12.8 Å². The standard InChI is InChI=1S/C15H22N4O2S/c1-4-13-17-14(21-18-13)10-19(3)11(2)15(20)16-8-7-12-6-5-9-22-12/h5-6,9,11H,4,7-8,10H2,1-3H3,(H,16,20)/t11-/m1/s1. The molecule has 0 saturated carbocycles. The van der Waals surface area contributed by atoms with Crippen LogP contribution in [0.2, 0.25) is 0 Å². The van der Waals surface area contributed by atoms with E-state index in [1.807, 2.05) is 37.2 Å². The van der Waals surface area contributed by atoms with Crippen molar-refractivity contribution in [3.05, 3.63) is 34.1 Å². The van der Waals surface area contributed by atoms with Gasteiger partial charge in [-0.05, 0) is 31.8 Å². The molecule has 2 aromatic heterocycles. The number of aryl methyl sites for hydroxylation is 1. The highest BCUT2D eigenvalue weighted by molar-refractivity contribution is 7.09. The molecule has 2 rings (SSSR count). The highest BCUT2D eigenvalue weighted by Crippen LogP contribution is 2.09. The van der Waals surface area contributed by atoms with Gasteiger partial charge in [0.25, 0.3) is 0 Å². The lowest BCUT2D eigenvalue weighted by Crippen LogP contribution is -2.43. The second-order valence-corrected chi connectivity index (χ2v) is 6.20. The minimum Gasteiger partial charge on any atom is -0.354 e. The van der Waals surface area contributed by atoms with Gasteiger partial charge in [0, 0.05) is 17.8 Å². The molecule has 1 N–H and O–H groups in total. The van der Waals surface area contributed by atoms with E-state index < -0.39 is 0 Å². The predicted molar refractivity (Wildman–Crippen MR) is 85.6 cm³/mol. The fourth-order valence-electron chi connectivity index (χ4n) is 1.96. The molecule has 0 aliphatic rings. The van der Waals surface area contributed by atoms with Crippen LogP contribution < -0.4 is 5.32 Å². The zero-order valence-corrected chi connectivity index (χ0v) is 14.0. The first-order valence-electron chi connectivity index (χ1n) is 7.42. The number of nitrogens with one attached hydrogen (secondary N) is 1. The Labute approximate surface area is 134 Å². The topological polar surface area (TPSA) is 71.3 Å².